The average Bonchev–Trinajstić information content (AvgIpc) is 3.08. The molecule has 8 heteroatoms. The molecule has 1 aliphatic rings. The normalized spacial score (nSPS) is 19.3. The van der Waals surface area contributed by atoms with Crippen LogP contribution in [0, 0.1) is 5.92 Å². The average molecular weight is 365 g/mol. The number of carbonyl (C=O) groups excluding carboxylic acids is 1. The van der Waals surface area contributed by atoms with Gasteiger partial charge in [0.05, 0.1) is 22.5 Å². The fraction of sp³-hybridized carbons (Fsp3) is 0.529. The number of aromatic nitrogens is 2. The summed E-state index contributed by atoms with van der Waals surface area (Å²) in [7, 11) is -2.88. The molecule has 1 unspecified atom stereocenters. The first kappa shape index (κ1) is 17.7. The number of aryl methyl sites for hydroxylation is 1. The van der Waals surface area contributed by atoms with Crippen LogP contribution in [-0.4, -0.2) is 41.9 Å². The zero-order valence-corrected chi connectivity index (χ0v) is 14.8. The van der Waals surface area contributed by atoms with E-state index in [2.05, 4.69) is 10.3 Å². The Labute approximate surface area is 146 Å². The van der Waals surface area contributed by atoms with Gasteiger partial charge in [0.15, 0.2) is 9.84 Å². The molecule has 1 atom stereocenters. The third kappa shape index (κ3) is 4.50. The lowest BCUT2D eigenvalue weighted by molar-refractivity contribution is -0.121. The summed E-state index contributed by atoms with van der Waals surface area (Å²) < 4.78 is 24.5. The fourth-order valence-electron chi connectivity index (χ4n) is 3.32. The highest BCUT2D eigenvalue weighted by molar-refractivity contribution is 7.91. The van der Waals surface area contributed by atoms with Crippen LogP contribution in [0.1, 0.15) is 25.7 Å². The number of nitrogens with zero attached hydrogens (tertiary/aromatic N) is 1. The van der Waals surface area contributed by atoms with E-state index in [1.54, 1.807) is 4.57 Å². The van der Waals surface area contributed by atoms with Gasteiger partial charge in [-0.25, -0.2) is 13.2 Å². The summed E-state index contributed by atoms with van der Waals surface area (Å²) >= 11 is 0. The molecular formula is C17H23N3O4S. The van der Waals surface area contributed by atoms with Crippen molar-refractivity contribution in [2.75, 3.05) is 18.1 Å². The number of fused-ring (bicyclic) bond motifs is 1. The van der Waals surface area contributed by atoms with E-state index < -0.39 is 9.84 Å². The number of H-pyrrole nitrogens is 1. The van der Waals surface area contributed by atoms with Crippen LogP contribution in [0.3, 0.4) is 0 Å². The molecule has 136 valence electrons. The summed E-state index contributed by atoms with van der Waals surface area (Å²) in [5.41, 5.74) is 1.53. The molecule has 1 aromatic heterocycles. The van der Waals surface area contributed by atoms with Crippen LogP contribution in [0.2, 0.25) is 0 Å². The van der Waals surface area contributed by atoms with Crippen molar-refractivity contribution in [1.29, 1.82) is 0 Å². The predicted octanol–water partition coefficient (Wildman–Crippen LogP) is 1.05. The van der Waals surface area contributed by atoms with Crippen molar-refractivity contribution in [3.63, 3.8) is 0 Å². The van der Waals surface area contributed by atoms with Gasteiger partial charge >= 0.3 is 5.69 Å². The van der Waals surface area contributed by atoms with Crippen LogP contribution in [0.15, 0.2) is 29.1 Å². The smallest absolute Gasteiger partial charge is 0.326 e. The van der Waals surface area contributed by atoms with Gasteiger partial charge in [-0.1, -0.05) is 12.1 Å². The topological polar surface area (TPSA) is 101 Å². The van der Waals surface area contributed by atoms with Gasteiger partial charge in [0, 0.05) is 19.5 Å². The minimum Gasteiger partial charge on any atom is -0.356 e. The summed E-state index contributed by atoms with van der Waals surface area (Å²) in [6.45, 7) is 1.03. The second-order valence-electron chi connectivity index (χ2n) is 6.61. The lowest BCUT2D eigenvalue weighted by Crippen LogP contribution is -2.27. The number of sulfone groups is 1. The van der Waals surface area contributed by atoms with Crippen LogP contribution in [0.5, 0.6) is 0 Å². The molecule has 1 aliphatic heterocycles. The number of carbonyl (C=O) groups is 1. The molecule has 1 aromatic carbocycles. The Balaban J connectivity index is 1.40. The summed E-state index contributed by atoms with van der Waals surface area (Å²) in [4.78, 5) is 26.6. The van der Waals surface area contributed by atoms with Gasteiger partial charge in [-0.05, 0) is 37.3 Å². The number of hydrogen-bond donors (Lipinski definition) is 2. The maximum atomic E-state index is 11.9. The van der Waals surface area contributed by atoms with E-state index in [9.17, 15) is 18.0 Å². The molecule has 2 heterocycles. The lowest BCUT2D eigenvalue weighted by atomic mass is 10.0. The standard InChI is InChI=1S/C17H23N3O4S/c21-16(7-6-13-8-11-25(23,24)12-13)18-9-3-10-20-15-5-2-1-4-14(15)19-17(20)22/h1-2,4-5,13H,3,6-12H2,(H,18,21)(H,19,22). The van der Waals surface area contributed by atoms with Crippen LogP contribution >= 0.6 is 0 Å². The van der Waals surface area contributed by atoms with Gasteiger partial charge in [-0.15, -0.1) is 0 Å². The van der Waals surface area contributed by atoms with E-state index in [0.717, 1.165) is 11.0 Å². The maximum absolute atomic E-state index is 11.9. The third-order valence-electron chi connectivity index (χ3n) is 4.67. The van der Waals surface area contributed by atoms with Crippen molar-refractivity contribution >= 4 is 26.8 Å². The Morgan fingerprint density at radius 3 is 2.88 bits per heavy atom. The molecule has 2 N–H and O–H groups in total. The Kier molecular flexibility index (Phi) is 5.27. The van der Waals surface area contributed by atoms with Gasteiger partial charge in [-0.2, -0.15) is 0 Å². The van der Waals surface area contributed by atoms with Crippen molar-refractivity contribution < 1.29 is 13.2 Å². The molecule has 1 fully saturated rings. The fourth-order valence-corrected chi connectivity index (χ4v) is 5.23. The molecule has 2 aromatic rings. The van der Waals surface area contributed by atoms with Crippen molar-refractivity contribution in [2.45, 2.75) is 32.2 Å². The molecule has 3 rings (SSSR count). The first-order valence-corrected chi connectivity index (χ1v) is 10.4. The number of amides is 1. The van der Waals surface area contributed by atoms with Gasteiger partial charge in [0.1, 0.15) is 0 Å². The second-order valence-corrected chi connectivity index (χ2v) is 8.84. The van der Waals surface area contributed by atoms with Crippen LogP contribution in [-0.2, 0) is 21.2 Å². The zero-order valence-electron chi connectivity index (χ0n) is 14.0. The molecule has 0 saturated carbocycles. The van der Waals surface area contributed by atoms with E-state index >= 15 is 0 Å². The van der Waals surface area contributed by atoms with E-state index in [1.807, 2.05) is 24.3 Å². The Morgan fingerprint density at radius 2 is 2.12 bits per heavy atom. The molecule has 1 amide bonds. The summed E-state index contributed by atoms with van der Waals surface area (Å²) in [6, 6.07) is 7.51. The summed E-state index contributed by atoms with van der Waals surface area (Å²) in [6.07, 6.45) is 2.30. The number of nitrogens with one attached hydrogen (secondary N) is 2. The number of benzene rings is 1. The van der Waals surface area contributed by atoms with Crippen molar-refractivity contribution in [3.05, 3.63) is 34.7 Å². The third-order valence-corrected chi connectivity index (χ3v) is 6.51. The van der Waals surface area contributed by atoms with Gasteiger partial charge in [0.25, 0.3) is 0 Å². The SMILES string of the molecule is O=C(CCC1CCS(=O)(=O)C1)NCCCn1c(=O)[nH]c2ccccc21. The number of rotatable bonds is 7. The summed E-state index contributed by atoms with van der Waals surface area (Å²) in [5.74, 6) is 0.513. The van der Waals surface area contributed by atoms with Crippen molar-refractivity contribution in [3.8, 4) is 0 Å². The molecule has 0 radical (unpaired) electrons. The summed E-state index contributed by atoms with van der Waals surface area (Å²) in [5, 5.41) is 2.84. The van der Waals surface area contributed by atoms with Gasteiger partial charge in [-0.3, -0.25) is 9.36 Å². The quantitative estimate of drug-likeness (QED) is 0.716. The number of para-hydroxylation sites is 2. The first-order valence-electron chi connectivity index (χ1n) is 8.59. The highest BCUT2D eigenvalue weighted by atomic mass is 32.2. The zero-order chi connectivity index (χ0) is 17.9. The minimum atomic E-state index is -2.88. The maximum Gasteiger partial charge on any atom is 0.326 e. The Hall–Kier alpha value is -2.09. The highest BCUT2D eigenvalue weighted by Crippen LogP contribution is 2.22. The predicted molar refractivity (Wildman–Crippen MR) is 96.2 cm³/mol. The molecule has 25 heavy (non-hydrogen) atoms. The molecule has 1 saturated heterocycles. The Morgan fingerprint density at radius 1 is 1.32 bits per heavy atom. The first-order chi connectivity index (χ1) is 11.9. The Bertz CT molecular complexity index is 913. The van der Waals surface area contributed by atoms with E-state index in [1.165, 1.54) is 0 Å². The van der Waals surface area contributed by atoms with Crippen LogP contribution in [0.25, 0.3) is 11.0 Å². The monoisotopic (exact) mass is 365 g/mol. The second kappa shape index (κ2) is 7.43. The number of imidazole rings is 1. The van der Waals surface area contributed by atoms with Crippen molar-refractivity contribution in [1.82, 2.24) is 14.9 Å². The molecular weight excluding hydrogens is 342 g/mol. The van der Waals surface area contributed by atoms with Crippen LogP contribution in [0.4, 0.5) is 0 Å². The van der Waals surface area contributed by atoms with Gasteiger partial charge in [0.2, 0.25) is 5.91 Å². The molecule has 7 nitrogen and oxygen atoms in total. The number of hydrogen-bond acceptors (Lipinski definition) is 4. The molecule has 0 aliphatic carbocycles. The van der Waals surface area contributed by atoms with E-state index in [-0.39, 0.29) is 29.0 Å². The highest BCUT2D eigenvalue weighted by Gasteiger charge is 2.27. The number of aromatic amines is 1. The minimum absolute atomic E-state index is 0.0597. The molecule has 0 spiro atoms. The van der Waals surface area contributed by atoms with Crippen LogP contribution < -0.4 is 11.0 Å². The lowest BCUT2D eigenvalue weighted by Gasteiger charge is -2.08. The van der Waals surface area contributed by atoms with Gasteiger partial charge < -0.3 is 10.3 Å². The van der Waals surface area contributed by atoms with E-state index in [4.69, 9.17) is 0 Å². The largest absolute Gasteiger partial charge is 0.356 e. The van der Waals surface area contributed by atoms with Crippen molar-refractivity contribution in [2.24, 2.45) is 5.92 Å². The molecule has 0 bridgehead atoms. The van der Waals surface area contributed by atoms with E-state index in [0.29, 0.717) is 38.8 Å².